The highest BCUT2D eigenvalue weighted by Gasteiger charge is 2.27. The van der Waals surface area contributed by atoms with Gasteiger partial charge in [-0.3, -0.25) is 4.79 Å². The molecule has 5 nitrogen and oxygen atoms in total. The summed E-state index contributed by atoms with van der Waals surface area (Å²) in [5, 5.41) is 13.2. The second kappa shape index (κ2) is 6.22. The Labute approximate surface area is 120 Å². The van der Waals surface area contributed by atoms with E-state index in [1.54, 1.807) is 17.2 Å². The summed E-state index contributed by atoms with van der Waals surface area (Å²) in [5.41, 5.74) is 0.730. The molecule has 1 aromatic heterocycles. The van der Waals surface area contributed by atoms with Crippen LogP contribution < -0.4 is 5.32 Å². The predicted molar refractivity (Wildman–Crippen MR) is 78.8 cm³/mol. The number of amides is 1. The molecule has 0 aromatic carbocycles. The highest BCUT2D eigenvalue weighted by molar-refractivity contribution is 5.92. The second-order valence-electron chi connectivity index (χ2n) is 5.61. The lowest BCUT2D eigenvalue weighted by atomic mass is 9.98. The monoisotopic (exact) mass is 277 g/mol. The van der Waals surface area contributed by atoms with Crippen molar-refractivity contribution in [3.8, 4) is 0 Å². The van der Waals surface area contributed by atoms with Crippen molar-refractivity contribution in [3.05, 3.63) is 24.0 Å². The predicted octanol–water partition coefficient (Wildman–Crippen LogP) is 1.89. The zero-order valence-corrected chi connectivity index (χ0v) is 12.2. The van der Waals surface area contributed by atoms with Gasteiger partial charge in [-0.15, -0.1) is 0 Å². The molecular weight excluding hydrogens is 254 g/mol. The normalized spacial score (nSPS) is 23.2. The van der Waals surface area contributed by atoms with Gasteiger partial charge in [-0.1, -0.05) is 0 Å². The second-order valence-corrected chi connectivity index (χ2v) is 5.61. The van der Waals surface area contributed by atoms with Crippen molar-refractivity contribution >= 4 is 11.6 Å². The summed E-state index contributed by atoms with van der Waals surface area (Å²) in [7, 11) is 0. The van der Waals surface area contributed by atoms with E-state index >= 15 is 0 Å². The van der Waals surface area contributed by atoms with Gasteiger partial charge in [0.2, 0.25) is 0 Å². The molecule has 0 spiro atoms. The number of aromatic nitrogens is 1. The van der Waals surface area contributed by atoms with Crippen LogP contribution in [0.1, 0.15) is 43.6 Å². The summed E-state index contributed by atoms with van der Waals surface area (Å²) in [5.74, 6) is -0.0502. The molecule has 1 saturated heterocycles. The quantitative estimate of drug-likeness (QED) is 0.885. The van der Waals surface area contributed by atoms with Gasteiger partial charge in [0.15, 0.2) is 0 Å². The van der Waals surface area contributed by atoms with Crippen molar-refractivity contribution in [3.63, 3.8) is 0 Å². The van der Waals surface area contributed by atoms with Crippen LogP contribution in [0.2, 0.25) is 0 Å². The summed E-state index contributed by atoms with van der Waals surface area (Å²) in [6.45, 7) is 5.96. The van der Waals surface area contributed by atoms with E-state index in [1.165, 1.54) is 0 Å². The number of carbonyl (C=O) groups is 1. The molecule has 1 atom stereocenters. The minimum atomic E-state index is -0.655. The third kappa shape index (κ3) is 3.70. The first-order valence-electron chi connectivity index (χ1n) is 7.23. The first kappa shape index (κ1) is 14.8. The van der Waals surface area contributed by atoms with Crippen molar-refractivity contribution < 1.29 is 9.90 Å². The molecule has 1 aliphatic rings. The fourth-order valence-electron chi connectivity index (χ4n) is 2.46. The van der Waals surface area contributed by atoms with Crippen LogP contribution in [0.3, 0.4) is 0 Å². The van der Waals surface area contributed by atoms with Crippen molar-refractivity contribution in [2.45, 2.75) is 38.7 Å². The highest BCUT2D eigenvalue weighted by Crippen LogP contribution is 2.22. The summed E-state index contributed by atoms with van der Waals surface area (Å²) in [6, 6.07) is 3.63. The molecule has 1 amide bonds. The average molecular weight is 277 g/mol. The van der Waals surface area contributed by atoms with Crippen molar-refractivity contribution in [1.82, 2.24) is 9.88 Å². The van der Waals surface area contributed by atoms with Crippen molar-refractivity contribution in [2.24, 2.45) is 0 Å². The van der Waals surface area contributed by atoms with Gasteiger partial charge in [-0.2, -0.15) is 0 Å². The molecule has 1 fully saturated rings. The molecule has 0 aliphatic carbocycles. The number of anilines is 1. The Kier molecular flexibility index (Phi) is 4.60. The summed E-state index contributed by atoms with van der Waals surface area (Å²) in [4.78, 5) is 18.4. The van der Waals surface area contributed by atoms with Crippen LogP contribution in [0.15, 0.2) is 18.3 Å². The van der Waals surface area contributed by atoms with Crippen molar-refractivity contribution in [1.29, 1.82) is 0 Å². The van der Waals surface area contributed by atoms with Crippen LogP contribution in [-0.2, 0) is 0 Å². The third-order valence-corrected chi connectivity index (χ3v) is 3.71. The number of rotatable bonds is 3. The van der Waals surface area contributed by atoms with E-state index in [4.69, 9.17) is 0 Å². The molecule has 110 valence electrons. The number of hydrogen-bond acceptors (Lipinski definition) is 4. The number of aliphatic hydroxyl groups is 1. The van der Waals surface area contributed by atoms with Gasteiger partial charge in [-0.25, -0.2) is 4.98 Å². The van der Waals surface area contributed by atoms with Crippen LogP contribution in [0, 0.1) is 0 Å². The first-order valence-corrected chi connectivity index (χ1v) is 7.23. The lowest BCUT2D eigenvalue weighted by Crippen LogP contribution is -2.34. The molecule has 20 heavy (non-hydrogen) atoms. The van der Waals surface area contributed by atoms with Gasteiger partial charge in [0.05, 0.1) is 17.5 Å². The molecule has 1 unspecified atom stereocenters. The lowest BCUT2D eigenvalue weighted by molar-refractivity contribution is 0.0437. The van der Waals surface area contributed by atoms with E-state index in [9.17, 15) is 9.90 Å². The van der Waals surface area contributed by atoms with Gasteiger partial charge < -0.3 is 15.3 Å². The van der Waals surface area contributed by atoms with Crippen LogP contribution in [0.4, 0.5) is 5.69 Å². The Hall–Kier alpha value is -1.62. The molecule has 2 heterocycles. The molecule has 0 radical (unpaired) electrons. The maximum atomic E-state index is 12.4. The number of pyridine rings is 1. The molecule has 1 aliphatic heterocycles. The SMILES string of the molecule is CCNc1ccc(C(=O)N2CCCC(C)(O)CC2)nc1. The Morgan fingerprint density at radius 3 is 2.90 bits per heavy atom. The van der Waals surface area contributed by atoms with E-state index < -0.39 is 5.60 Å². The third-order valence-electron chi connectivity index (χ3n) is 3.71. The fourth-order valence-corrected chi connectivity index (χ4v) is 2.46. The number of nitrogens with zero attached hydrogens (tertiary/aromatic N) is 2. The van der Waals surface area contributed by atoms with E-state index in [2.05, 4.69) is 10.3 Å². The van der Waals surface area contributed by atoms with Crippen LogP contribution in [0.25, 0.3) is 0 Å². The molecule has 1 aromatic rings. The summed E-state index contributed by atoms with van der Waals surface area (Å²) in [6.07, 6.45) is 3.87. The molecular formula is C15H23N3O2. The minimum absolute atomic E-state index is 0.0502. The van der Waals surface area contributed by atoms with Gasteiger partial charge in [0, 0.05) is 19.6 Å². The largest absolute Gasteiger partial charge is 0.390 e. The maximum Gasteiger partial charge on any atom is 0.272 e. The standard InChI is InChI=1S/C15H23N3O2/c1-3-16-12-5-6-13(17-11-12)14(19)18-9-4-7-15(2,20)8-10-18/h5-6,11,16,20H,3-4,7-10H2,1-2H3. The van der Waals surface area contributed by atoms with Crippen molar-refractivity contribution in [2.75, 3.05) is 25.0 Å². The summed E-state index contributed by atoms with van der Waals surface area (Å²) >= 11 is 0. The molecule has 0 saturated carbocycles. The fraction of sp³-hybridized carbons (Fsp3) is 0.600. The molecule has 2 N–H and O–H groups in total. The average Bonchev–Trinajstić information content (AvgIpc) is 2.60. The van der Waals surface area contributed by atoms with E-state index in [0.717, 1.165) is 25.1 Å². The number of carbonyl (C=O) groups excluding carboxylic acids is 1. The van der Waals surface area contributed by atoms with Crippen LogP contribution >= 0.6 is 0 Å². The van der Waals surface area contributed by atoms with E-state index in [0.29, 0.717) is 25.2 Å². The topological polar surface area (TPSA) is 65.5 Å². The van der Waals surface area contributed by atoms with E-state index in [-0.39, 0.29) is 5.91 Å². The van der Waals surface area contributed by atoms with Gasteiger partial charge >= 0.3 is 0 Å². The Morgan fingerprint density at radius 1 is 1.45 bits per heavy atom. The van der Waals surface area contributed by atoms with Gasteiger partial charge in [0.25, 0.3) is 5.91 Å². The summed E-state index contributed by atoms with van der Waals surface area (Å²) < 4.78 is 0. The Balaban J connectivity index is 2.03. The number of hydrogen-bond donors (Lipinski definition) is 2. The highest BCUT2D eigenvalue weighted by atomic mass is 16.3. The zero-order valence-electron chi connectivity index (χ0n) is 12.2. The maximum absolute atomic E-state index is 12.4. The Bertz CT molecular complexity index is 457. The lowest BCUT2D eigenvalue weighted by Gasteiger charge is -2.22. The van der Waals surface area contributed by atoms with Crippen LogP contribution in [-0.4, -0.2) is 46.1 Å². The Morgan fingerprint density at radius 2 is 2.25 bits per heavy atom. The van der Waals surface area contributed by atoms with Gasteiger partial charge in [-0.05, 0) is 45.2 Å². The molecule has 5 heteroatoms. The van der Waals surface area contributed by atoms with Crippen LogP contribution in [0.5, 0.6) is 0 Å². The van der Waals surface area contributed by atoms with E-state index in [1.807, 2.05) is 19.9 Å². The zero-order chi connectivity index (χ0) is 14.6. The first-order chi connectivity index (χ1) is 9.52. The minimum Gasteiger partial charge on any atom is -0.390 e. The molecule has 0 bridgehead atoms. The number of likely N-dealkylation sites (tertiary alicyclic amines) is 1. The van der Waals surface area contributed by atoms with Gasteiger partial charge in [0.1, 0.15) is 5.69 Å². The number of nitrogens with one attached hydrogen (secondary N) is 1. The molecule has 2 rings (SSSR count). The smallest absolute Gasteiger partial charge is 0.272 e.